The minimum Gasteiger partial charge on any atom is -1.00 e. The first-order chi connectivity index (χ1) is 17.3. The van der Waals surface area contributed by atoms with Crippen LogP contribution in [-0.4, -0.2) is 37.7 Å². The molecule has 0 aliphatic rings. The molecule has 3 aromatic rings. The Bertz CT molecular complexity index is 1160. The molecule has 5 nitrogen and oxygen atoms in total. The van der Waals surface area contributed by atoms with Crippen LogP contribution in [-0.2, 0) is 4.79 Å². The first-order valence-electron chi connectivity index (χ1n) is 12.5. The standard InChI is InChI=1S/C31H37NO4.ClH/c1-21(2)24-13-11-23(12-14-24)19-27(26-15-16-29(35-4)30(20-26)36-5)28(33)17-18-32-22(3)31(34)25-9-7-6-8-10-25;/h6-16,19-22,31-32,34H,17-18H2,1-5H3;1H/b27-19+;. The maximum atomic E-state index is 13.5. The van der Waals surface area contributed by atoms with Gasteiger partial charge in [0.2, 0.25) is 0 Å². The number of aliphatic hydroxyl groups excluding tert-OH is 1. The molecule has 3 aromatic carbocycles. The van der Waals surface area contributed by atoms with E-state index >= 15 is 0 Å². The number of aliphatic hydroxyl groups is 1. The van der Waals surface area contributed by atoms with Crippen LogP contribution in [0.3, 0.4) is 0 Å². The van der Waals surface area contributed by atoms with Gasteiger partial charge in [0.15, 0.2) is 17.3 Å². The Morgan fingerprint density at radius 1 is 0.892 bits per heavy atom. The Kier molecular flexibility index (Phi) is 11.9. The summed E-state index contributed by atoms with van der Waals surface area (Å²) < 4.78 is 10.9. The Balaban J connectivity index is 0.00000481. The zero-order valence-corrected chi connectivity index (χ0v) is 23.0. The first-order valence-corrected chi connectivity index (χ1v) is 12.5. The third-order valence-electron chi connectivity index (χ3n) is 6.46. The SMILES string of the molecule is COc1ccc(/C(=C\c2ccc(C(C)C)cc2)C(=O)CC[NH2+]C(C)C(O)c2ccccc2)cc1OC.[Cl-]. The monoisotopic (exact) mass is 523 g/mol. The fourth-order valence-electron chi connectivity index (χ4n) is 4.17. The van der Waals surface area contributed by atoms with E-state index in [0.717, 1.165) is 16.7 Å². The van der Waals surface area contributed by atoms with E-state index in [1.807, 2.05) is 79.0 Å². The number of hydrogen-bond acceptors (Lipinski definition) is 4. The molecular formula is C31H38ClNO4. The number of halogens is 1. The zero-order chi connectivity index (χ0) is 26.1. The molecule has 2 unspecified atom stereocenters. The van der Waals surface area contributed by atoms with Crippen LogP contribution in [0.2, 0.25) is 0 Å². The van der Waals surface area contributed by atoms with Crippen LogP contribution in [0.1, 0.15) is 61.5 Å². The van der Waals surface area contributed by atoms with Gasteiger partial charge >= 0.3 is 0 Å². The largest absolute Gasteiger partial charge is 1.00 e. The summed E-state index contributed by atoms with van der Waals surface area (Å²) in [5.41, 5.74) is 4.50. The number of hydrogen-bond donors (Lipinski definition) is 2. The number of methoxy groups -OCH3 is 2. The van der Waals surface area contributed by atoms with Crippen molar-refractivity contribution in [3.63, 3.8) is 0 Å². The first kappa shape index (κ1) is 30.1. The summed E-state index contributed by atoms with van der Waals surface area (Å²) in [6, 6.07) is 23.4. The topological polar surface area (TPSA) is 72.4 Å². The molecule has 0 radical (unpaired) electrons. The molecule has 0 saturated carbocycles. The summed E-state index contributed by atoms with van der Waals surface area (Å²) in [4.78, 5) is 13.5. The zero-order valence-electron chi connectivity index (χ0n) is 22.3. The van der Waals surface area contributed by atoms with Crippen LogP contribution >= 0.6 is 0 Å². The molecule has 0 amide bonds. The lowest BCUT2D eigenvalue weighted by Gasteiger charge is -2.18. The summed E-state index contributed by atoms with van der Waals surface area (Å²) in [6.07, 6.45) is 1.69. The number of carbonyl (C=O) groups excluding carboxylic acids is 1. The molecule has 2 atom stereocenters. The third kappa shape index (κ3) is 8.19. The second kappa shape index (κ2) is 14.6. The Morgan fingerprint density at radius 3 is 2.14 bits per heavy atom. The van der Waals surface area contributed by atoms with Crippen molar-refractivity contribution in [3.05, 3.63) is 95.1 Å². The van der Waals surface area contributed by atoms with Crippen molar-refractivity contribution in [2.24, 2.45) is 0 Å². The van der Waals surface area contributed by atoms with Crippen LogP contribution in [0.4, 0.5) is 0 Å². The van der Waals surface area contributed by atoms with Gasteiger partial charge in [0.1, 0.15) is 12.1 Å². The van der Waals surface area contributed by atoms with Gasteiger partial charge in [-0.15, -0.1) is 0 Å². The molecule has 3 rings (SSSR count). The predicted octanol–water partition coefficient (Wildman–Crippen LogP) is 2.02. The van der Waals surface area contributed by atoms with Crippen molar-refractivity contribution >= 4 is 17.4 Å². The van der Waals surface area contributed by atoms with Gasteiger partial charge in [0.25, 0.3) is 0 Å². The van der Waals surface area contributed by atoms with Gasteiger partial charge < -0.3 is 32.3 Å². The minimum absolute atomic E-state index is 0. The van der Waals surface area contributed by atoms with Crippen molar-refractivity contribution in [1.29, 1.82) is 0 Å². The van der Waals surface area contributed by atoms with Crippen molar-refractivity contribution in [1.82, 2.24) is 0 Å². The van der Waals surface area contributed by atoms with Crippen molar-refractivity contribution < 1.29 is 37.1 Å². The highest BCUT2D eigenvalue weighted by Gasteiger charge is 2.21. The third-order valence-corrected chi connectivity index (χ3v) is 6.46. The van der Waals surface area contributed by atoms with Gasteiger partial charge in [-0.25, -0.2) is 0 Å². The molecule has 0 aliphatic carbocycles. The number of ether oxygens (including phenoxy) is 2. The molecule has 6 heteroatoms. The summed E-state index contributed by atoms with van der Waals surface area (Å²) in [6.45, 7) is 6.87. The van der Waals surface area contributed by atoms with Crippen molar-refractivity contribution in [3.8, 4) is 11.5 Å². The number of rotatable bonds is 12. The molecule has 3 N–H and O–H groups in total. The van der Waals surface area contributed by atoms with Crippen LogP contribution in [0.25, 0.3) is 11.6 Å². The molecule has 0 fully saturated rings. The summed E-state index contributed by atoms with van der Waals surface area (Å²) in [7, 11) is 3.18. The van der Waals surface area contributed by atoms with Gasteiger partial charge in [-0.05, 0) is 53.3 Å². The molecule has 0 spiro atoms. The van der Waals surface area contributed by atoms with Crippen LogP contribution in [0, 0.1) is 0 Å². The second-order valence-electron chi connectivity index (χ2n) is 9.36. The van der Waals surface area contributed by atoms with E-state index in [1.165, 1.54) is 5.56 Å². The molecule has 198 valence electrons. The van der Waals surface area contributed by atoms with E-state index in [4.69, 9.17) is 9.47 Å². The molecule has 0 bridgehead atoms. The Hall–Kier alpha value is -3.12. The lowest BCUT2D eigenvalue weighted by atomic mass is 9.95. The fourth-order valence-corrected chi connectivity index (χ4v) is 4.17. The molecular weight excluding hydrogens is 486 g/mol. The molecule has 0 saturated heterocycles. The van der Waals surface area contributed by atoms with E-state index in [-0.39, 0.29) is 24.2 Å². The summed E-state index contributed by atoms with van der Waals surface area (Å²) in [5.74, 6) is 1.67. The lowest BCUT2D eigenvalue weighted by Crippen LogP contribution is -3.00. The van der Waals surface area contributed by atoms with E-state index in [1.54, 1.807) is 14.2 Å². The van der Waals surface area contributed by atoms with Gasteiger partial charge in [-0.2, -0.15) is 0 Å². The van der Waals surface area contributed by atoms with Gasteiger partial charge in [-0.1, -0.05) is 74.5 Å². The fraction of sp³-hybridized carbons (Fsp3) is 0.323. The maximum Gasteiger partial charge on any atom is 0.169 e. The number of carbonyl (C=O) groups is 1. The summed E-state index contributed by atoms with van der Waals surface area (Å²) in [5, 5.41) is 12.7. The highest BCUT2D eigenvalue weighted by Crippen LogP contribution is 2.32. The Labute approximate surface area is 226 Å². The smallest absolute Gasteiger partial charge is 0.169 e. The molecule has 0 aliphatic heterocycles. The number of allylic oxidation sites excluding steroid dienone is 1. The van der Waals surface area contributed by atoms with Gasteiger partial charge in [-0.3, -0.25) is 4.79 Å². The molecule has 37 heavy (non-hydrogen) atoms. The number of nitrogens with two attached hydrogens (primary N) is 1. The van der Waals surface area contributed by atoms with E-state index in [2.05, 4.69) is 26.0 Å². The molecule has 0 aromatic heterocycles. The summed E-state index contributed by atoms with van der Waals surface area (Å²) >= 11 is 0. The van der Waals surface area contributed by atoms with E-state index < -0.39 is 6.10 Å². The lowest BCUT2D eigenvalue weighted by molar-refractivity contribution is -0.693. The second-order valence-corrected chi connectivity index (χ2v) is 9.36. The van der Waals surface area contributed by atoms with Gasteiger partial charge in [0.05, 0.1) is 27.2 Å². The van der Waals surface area contributed by atoms with Gasteiger partial charge in [0, 0.05) is 5.57 Å². The number of ketones is 1. The van der Waals surface area contributed by atoms with Crippen molar-refractivity contribution in [2.45, 2.75) is 45.3 Å². The molecule has 0 heterocycles. The van der Waals surface area contributed by atoms with Crippen molar-refractivity contribution in [2.75, 3.05) is 20.8 Å². The van der Waals surface area contributed by atoms with E-state index in [0.29, 0.717) is 36.0 Å². The normalized spacial score (nSPS) is 13.0. The van der Waals surface area contributed by atoms with Crippen LogP contribution < -0.4 is 27.2 Å². The predicted molar refractivity (Wildman–Crippen MR) is 145 cm³/mol. The van der Waals surface area contributed by atoms with Crippen LogP contribution in [0.15, 0.2) is 72.8 Å². The quantitative estimate of drug-likeness (QED) is 0.281. The maximum absolute atomic E-state index is 13.5. The number of quaternary nitrogens is 1. The number of Topliss-reactive ketones (excluding diaryl/α,β-unsaturated/α-hetero) is 1. The average Bonchev–Trinajstić information content (AvgIpc) is 2.91. The van der Waals surface area contributed by atoms with Crippen LogP contribution in [0.5, 0.6) is 11.5 Å². The highest BCUT2D eigenvalue weighted by atomic mass is 35.5. The number of benzene rings is 3. The minimum atomic E-state index is -0.596. The highest BCUT2D eigenvalue weighted by molar-refractivity contribution is 6.25. The van der Waals surface area contributed by atoms with E-state index in [9.17, 15) is 9.90 Å². The average molecular weight is 524 g/mol. The Morgan fingerprint density at radius 2 is 1.54 bits per heavy atom.